The van der Waals surface area contributed by atoms with Crippen LogP contribution in [0, 0.1) is 6.92 Å². The summed E-state index contributed by atoms with van der Waals surface area (Å²) in [6.45, 7) is 4.55. The van der Waals surface area contributed by atoms with E-state index in [4.69, 9.17) is 4.42 Å². The molecule has 5 heteroatoms. The molecule has 0 unspecified atom stereocenters. The number of hydrogen-bond acceptors (Lipinski definition) is 4. The molecule has 0 bridgehead atoms. The minimum Gasteiger partial charge on any atom is -0.428 e. The molecule has 3 rings (SSSR count). The van der Waals surface area contributed by atoms with E-state index >= 15 is 0 Å². The van der Waals surface area contributed by atoms with Gasteiger partial charge in [-0.25, -0.2) is 4.79 Å². The Kier molecular flexibility index (Phi) is 4.97. The van der Waals surface area contributed by atoms with E-state index in [0.29, 0.717) is 17.9 Å². The molecule has 0 spiro atoms. The third-order valence-corrected chi connectivity index (χ3v) is 5.46. The van der Waals surface area contributed by atoms with Crippen LogP contribution in [-0.4, -0.2) is 12.3 Å². The first kappa shape index (κ1) is 16.4. The smallest absolute Gasteiger partial charge is 0.344 e. The maximum absolute atomic E-state index is 12.2. The average Bonchev–Trinajstić information content (AvgIpc) is 2.53. The van der Waals surface area contributed by atoms with Crippen LogP contribution in [0.3, 0.4) is 0 Å². The molecule has 1 aliphatic rings. The van der Waals surface area contributed by atoms with Crippen LogP contribution in [0.2, 0.25) is 0 Å². The normalized spacial score (nSPS) is 13.4. The second-order valence-electron chi connectivity index (χ2n) is 5.45. The molecule has 0 amide bonds. The molecule has 2 aromatic rings. The Bertz CT molecular complexity index is 826. The van der Waals surface area contributed by atoms with Gasteiger partial charge < -0.3 is 9.73 Å². The van der Waals surface area contributed by atoms with E-state index in [1.54, 1.807) is 11.8 Å². The van der Waals surface area contributed by atoms with Crippen molar-refractivity contribution in [2.24, 2.45) is 0 Å². The highest BCUT2D eigenvalue weighted by molar-refractivity contribution is 9.10. The van der Waals surface area contributed by atoms with Crippen LogP contribution < -0.4 is 10.9 Å². The highest BCUT2D eigenvalue weighted by Gasteiger charge is 2.19. The quantitative estimate of drug-likeness (QED) is 0.806. The van der Waals surface area contributed by atoms with E-state index in [9.17, 15) is 4.79 Å². The molecule has 1 aliphatic heterocycles. The minimum atomic E-state index is -0.249. The minimum absolute atomic E-state index is 0.249. The fourth-order valence-corrected chi connectivity index (χ4v) is 4.23. The zero-order valence-corrected chi connectivity index (χ0v) is 15.5. The summed E-state index contributed by atoms with van der Waals surface area (Å²) in [7, 11) is 0. The summed E-state index contributed by atoms with van der Waals surface area (Å²) in [5, 5.41) is 3.41. The molecule has 2 heterocycles. The van der Waals surface area contributed by atoms with Gasteiger partial charge in [0.25, 0.3) is 0 Å². The van der Waals surface area contributed by atoms with E-state index in [1.807, 2.05) is 13.0 Å². The first-order valence-corrected chi connectivity index (χ1v) is 9.35. The van der Waals surface area contributed by atoms with Gasteiger partial charge in [-0.3, -0.25) is 0 Å². The lowest BCUT2D eigenvalue weighted by Gasteiger charge is -2.18. The van der Waals surface area contributed by atoms with E-state index in [-0.39, 0.29) is 5.63 Å². The van der Waals surface area contributed by atoms with Crippen molar-refractivity contribution in [1.82, 2.24) is 0 Å². The molecular weight excluding hydrogens is 374 g/mol. The van der Waals surface area contributed by atoms with Crippen LogP contribution in [0.4, 0.5) is 5.69 Å². The van der Waals surface area contributed by atoms with Gasteiger partial charge in [0, 0.05) is 27.4 Å². The fraction of sp³-hybridized carbons (Fsp3) is 0.278. The number of rotatable bonds is 4. The Morgan fingerprint density at radius 1 is 1.35 bits per heavy atom. The summed E-state index contributed by atoms with van der Waals surface area (Å²) in [6.07, 6.45) is 3.11. The SMILES string of the molecule is CCc1ccc(NCC2=CCSc3cc(C)oc(=O)c32)c(Br)c1. The first-order valence-electron chi connectivity index (χ1n) is 7.57. The van der Waals surface area contributed by atoms with Crippen LogP contribution >= 0.6 is 27.7 Å². The lowest BCUT2D eigenvalue weighted by molar-refractivity contribution is 0.473. The molecule has 0 saturated heterocycles. The zero-order valence-electron chi connectivity index (χ0n) is 13.1. The number of halogens is 1. The molecule has 0 fully saturated rings. The molecular formula is C18H18BrNO2S. The second-order valence-corrected chi connectivity index (χ2v) is 7.36. The number of nitrogens with one attached hydrogen (secondary N) is 1. The molecule has 1 N–H and O–H groups in total. The van der Waals surface area contributed by atoms with E-state index in [0.717, 1.165) is 32.8 Å². The Balaban J connectivity index is 1.83. The van der Waals surface area contributed by atoms with Crippen molar-refractivity contribution >= 4 is 39.0 Å². The largest absolute Gasteiger partial charge is 0.428 e. The Hall–Kier alpha value is -1.46. The van der Waals surface area contributed by atoms with Crippen molar-refractivity contribution in [2.45, 2.75) is 25.2 Å². The summed E-state index contributed by atoms with van der Waals surface area (Å²) in [5.41, 5.74) is 3.76. The maximum atomic E-state index is 12.2. The Morgan fingerprint density at radius 2 is 2.17 bits per heavy atom. The van der Waals surface area contributed by atoms with Gasteiger partial charge in [0.2, 0.25) is 0 Å². The van der Waals surface area contributed by atoms with E-state index in [2.05, 4.69) is 52.4 Å². The van der Waals surface area contributed by atoms with Crippen molar-refractivity contribution in [3.63, 3.8) is 0 Å². The highest BCUT2D eigenvalue weighted by atomic mass is 79.9. The summed E-state index contributed by atoms with van der Waals surface area (Å²) in [5.74, 6) is 1.54. The van der Waals surface area contributed by atoms with E-state index in [1.165, 1.54) is 5.56 Å². The molecule has 1 aromatic heterocycles. The molecule has 23 heavy (non-hydrogen) atoms. The lowest BCUT2D eigenvalue weighted by atomic mass is 10.1. The summed E-state index contributed by atoms with van der Waals surface area (Å²) >= 11 is 5.28. The van der Waals surface area contributed by atoms with Crippen molar-refractivity contribution in [3.8, 4) is 0 Å². The van der Waals surface area contributed by atoms with Gasteiger partial charge in [0.15, 0.2) is 0 Å². The van der Waals surface area contributed by atoms with Crippen LogP contribution in [0.5, 0.6) is 0 Å². The fourth-order valence-electron chi connectivity index (χ4n) is 2.59. The molecule has 0 aliphatic carbocycles. The summed E-state index contributed by atoms with van der Waals surface area (Å²) in [4.78, 5) is 13.2. The first-order chi connectivity index (χ1) is 11.1. The number of aryl methyl sites for hydroxylation is 2. The number of benzene rings is 1. The number of thioether (sulfide) groups is 1. The Labute approximate surface area is 148 Å². The molecule has 3 nitrogen and oxygen atoms in total. The number of anilines is 1. The maximum Gasteiger partial charge on any atom is 0.344 e. The highest BCUT2D eigenvalue weighted by Crippen LogP contribution is 2.32. The molecule has 0 saturated carbocycles. The van der Waals surface area contributed by atoms with E-state index < -0.39 is 0 Å². The predicted molar refractivity (Wildman–Crippen MR) is 100 cm³/mol. The summed E-state index contributed by atoms with van der Waals surface area (Å²) in [6, 6.07) is 8.25. The lowest BCUT2D eigenvalue weighted by Crippen LogP contribution is -2.16. The van der Waals surface area contributed by atoms with Gasteiger partial charge in [0.1, 0.15) is 5.76 Å². The third kappa shape index (κ3) is 3.56. The zero-order chi connectivity index (χ0) is 16.4. The molecule has 1 aromatic carbocycles. The van der Waals surface area contributed by atoms with Crippen molar-refractivity contribution in [2.75, 3.05) is 17.6 Å². The number of hydrogen-bond donors (Lipinski definition) is 1. The Morgan fingerprint density at radius 3 is 2.91 bits per heavy atom. The molecule has 120 valence electrons. The third-order valence-electron chi connectivity index (χ3n) is 3.84. The van der Waals surface area contributed by atoms with Crippen LogP contribution in [0.1, 0.15) is 23.8 Å². The molecule has 0 radical (unpaired) electrons. The van der Waals surface area contributed by atoms with Gasteiger partial charge in [-0.05, 0) is 58.6 Å². The predicted octanol–water partition coefficient (Wildman–Crippen LogP) is 4.87. The summed E-state index contributed by atoms with van der Waals surface area (Å²) < 4.78 is 6.31. The van der Waals surface area contributed by atoms with Crippen molar-refractivity contribution < 1.29 is 4.42 Å². The topological polar surface area (TPSA) is 42.2 Å². The van der Waals surface area contributed by atoms with Crippen molar-refractivity contribution in [1.29, 1.82) is 0 Å². The molecule has 0 atom stereocenters. The second kappa shape index (κ2) is 6.97. The van der Waals surface area contributed by atoms with Gasteiger partial charge >= 0.3 is 5.63 Å². The van der Waals surface area contributed by atoms with Crippen LogP contribution in [0.15, 0.2) is 48.9 Å². The van der Waals surface area contributed by atoms with Crippen LogP contribution in [0.25, 0.3) is 5.57 Å². The van der Waals surface area contributed by atoms with Gasteiger partial charge in [-0.2, -0.15) is 0 Å². The standard InChI is InChI=1S/C18H18BrNO2S/c1-3-12-4-5-15(14(19)9-12)20-10-13-6-7-23-16-8-11(2)22-18(21)17(13)16/h4-6,8-9,20H,3,7,10H2,1-2H3. The van der Waals surface area contributed by atoms with Gasteiger partial charge in [0.05, 0.1) is 5.56 Å². The van der Waals surface area contributed by atoms with Gasteiger partial charge in [-0.15, -0.1) is 11.8 Å². The van der Waals surface area contributed by atoms with Crippen LogP contribution in [-0.2, 0) is 6.42 Å². The monoisotopic (exact) mass is 391 g/mol. The van der Waals surface area contributed by atoms with Crippen molar-refractivity contribution in [3.05, 3.63) is 62.1 Å². The number of fused-ring (bicyclic) bond motifs is 1. The average molecular weight is 392 g/mol. The van der Waals surface area contributed by atoms with Gasteiger partial charge in [-0.1, -0.05) is 19.1 Å².